The van der Waals surface area contributed by atoms with Crippen LogP contribution >= 0.6 is 11.3 Å². The van der Waals surface area contributed by atoms with E-state index in [1.807, 2.05) is 0 Å². The van der Waals surface area contributed by atoms with Crippen LogP contribution in [0.5, 0.6) is 0 Å². The molecular weight excluding hydrogens is 113 g/mol. The van der Waals surface area contributed by atoms with Crippen molar-refractivity contribution >= 4 is 11.3 Å². The van der Waals surface area contributed by atoms with Crippen molar-refractivity contribution in [2.75, 3.05) is 0 Å². The molecule has 7 heavy (non-hydrogen) atoms. The first-order valence-electron chi connectivity index (χ1n) is 1.86. The summed E-state index contributed by atoms with van der Waals surface area (Å²) in [6.07, 6.45) is 0. The number of hydrogen-bond donors (Lipinski definition) is 0. The highest BCUT2D eigenvalue weighted by atomic mass is 32.1. The highest BCUT2D eigenvalue weighted by molar-refractivity contribution is 7.08. The Labute approximate surface area is 44.8 Å². The Bertz CT molecular complexity index is 144. The third-order valence-corrected chi connectivity index (χ3v) is 1.40. The molecule has 1 aromatic heterocycles. The van der Waals surface area contributed by atoms with Gasteiger partial charge in [0.15, 0.2) is 5.13 Å². The van der Waals surface area contributed by atoms with Crippen LogP contribution in [0.2, 0.25) is 0 Å². The first kappa shape index (κ1) is 4.71. The minimum absolute atomic E-state index is 0.181. The highest BCUT2D eigenvalue weighted by Crippen LogP contribution is 2.06. The van der Waals surface area contributed by atoms with Gasteiger partial charge in [-0.05, 0) is 6.92 Å². The molecule has 0 radical (unpaired) electrons. The molecule has 1 nitrogen and oxygen atoms in total. The van der Waals surface area contributed by atoms with E-state index in [0.717, 1.165) is 11.3 Å². The maximum Gasteiger partial charge on any atom is 0.199 e. The average molecular weight is 117 g/mol. The Morgan fingerprint density at radius 3 is 2.71 bits per heavy atom. The van der Waals surface area contributed by atoms with E-state index in [1.54, 1.807) is 6.92 Å². The Morgan fingerprint density at radius 1 is 1.86 bits per heavy atom. The predicted octanol–water partition coefficient (Wildman–Crippen LogP) is 1.59. The third kappa shape index (κ3) is 0.771. The van der Waals surface area contributed by atoms with Crippen LogP contribution in [0.3, 0.4) is 0 Å². The van der Waals surface area contributed by atoms with Gasteiger partial charge in [-0.15, -0.1) is 0 Å². The standard InChI is InChI=1S/C4H4FNS/c1-3-4(5)7-2-6-3/h2H,1H3. The maximum atomic E-state index is 12.0. The normalized spacial score (nSPS) is 9.43. The van der Waals surface area contributed by atoms with Gasteiger partial charge in [0, 0.05) is 0 Å². The minimum atomic E-state index is -0.181. The molecule has 0 aliphatic heterocycles. The van der Waals surface area contributed by atoms with Crippen LogP contribution in [0.25, 0.3) is 0 Å². The lowest BCUT2D eigenvalue weighted by molar-refractivity contribution is 0.643. The monoisotopic (exact) mass is 117 g/mol. The van der Waals surface area contributed by atoms with Crippen molar-refractivity contribution in [3.8, 4) is 0 Å². The summed E-state index contributed by atoms with van der Waals surface area (Å²) in [5.41, 5.74) is 1.98. The van der Waals surface area contributed by atoms with Crippen molar-refractivity contribution in [3.05, 3.63) is 16.3 Å². The van der Waals surface area contributed by atoms with Crippen LogP contribution in [0.1, 0.15) is 5.69 Å². The molecular formula is C4H4FNS. The van der Waals surface area contributed by atoms with E-state index >= 15 is 0 Å². The zero-order valence-electron chi connectivity index (χ0n) is 3.81. The Balaban J connectivity index is 3.12. The summed E-state index contributed by atoms with van der Waals surface area (Å²) in [5.74, 6) is 0. The van der Waals surface area contributed by atoms with Gasteiger partial charge < -0.3 is 0 Å². The fourth-order valence-corrected chi connectivity index (χ4v) is 0.814. The van der Waals surface area contributed by atoms with Crippen molar-refractivity contribution < 1.29 is 4.39 Å². The van der Waals surface area contributed by atoms with Gasteiger partial charge in [0.25, 0.3) is 0 Å². The van der Waals surface area contributed by atoms with Crippen LogP contribution in [-0.4, -0.2) is 4.98 Å². The zero-order chi connectivity index (χ0) is 5.28. The fourth-order valence-electron chi connectivity index (χ4n) is 0.288. The summed E-state index contributed by atoms with van der Waals surface area (Å²) in [6.45, 7) is 1.64. The van der Waals surface area contributed by atoms with Gasteiger partial charge in [-0.1, -0.05) is 11.3 Å². The van der Waals surface area contributed by atoms with Gasteiger partial charge in [0.1, 0.15) is 0 Å². The summed E-state index contributed by atoms with van der Waals surface area (Å²) in [6, 6.07) is 0. The molecule has 1 aromatic rings. The number of rotatable bonds is 0. The number of aromatic nitrogens is 1. The SMILES string of the molecule is Cc1ncsc1F. The van der Waals surface area contributed by atoms with Crippen molar-refractivity contribution in [1.29, 1.82) is 0 Å². The topological polar surface area (TPSA) is 12.9 Å². The van der Waals surface area contributed by atoms with Crippen LogP contribution in [-0.2, 0) is 0 Å². The molecule has 0 N–H and O–H groups in total. The van der Waals surface area contributed by atoms with Gasteiger partial charge in [0.2, 0.25) is 0 Å². The second kappa shape index (κ2) is 1.58. The van der Waals surface area contributed by atoms with Crippen molar-refractivity contribution in [1.82, 2.24) is 4.98 Å². The quantitative estimate of drug-likeness (QED) is 0.503. The molecule has 0 amide bonds. The molecule has 0 aliphatic carbocycles. The number of halogens is 1. The molecule has 1 heterocycles. The summed E-state index contributed by atoms with van der Waals surface area (Å²) in [5, 5.41) is -0.181. The summed E-state index contributed by atoms with van der Waals surface area (Å²) >= 11 is 1.03. The zero-order valence-corrected chi connectivity index (χ0v) is 4.63. The van der Waals surface area contributed by atoms with E-state index < -0.39 is 0 Å². The lowest BCUT2D eigenvalue weighted by Crippen LogP contribution is -1.69. The molecule has 0 saturated heterocycles. The fraction of sp³-hybridized carbons (Fsp3) is 0.250. The molecule has 0 unspecified atom stereocenters. The number of thiazole rings is 1. The van der Waals surface area contributed by atoms with Crippen molar-refractivity contribution in [2.24, 2.45) is 0 Å². The van der Waals surface area contributed by atoms with Crippen LogP contribution in [0, 0.1) is 12.1 Å². The van der Waals surface area contributed by atoms with Crippen LogP contribution in [0.15, 0.2) is 5.51 Å². The molecule has 0 spiro atoms. The van der Waals surface area contributed by atoms with Gasteiger partial charge >= 0.3 is 0 Å². The maximum absolute atomic E-state index is 12.0. The highest BCUT2D eigenvalue weighted by Gasteiger charge is 1.94. The molecule has 3 heteroatoms. The number of aryl methyl sites for hydroxylation is 1. The summed E-state index contributed by atoms with van der Waals surface area (Å²) in [4.78, 5) is 3.66. The van der Waals surface area contributed by atoms with E-state index in [0.29, 0.717) is 5.69 Å². The largest absolute Gasteiger partial charge is 0.247 e. The summed E-state index contributed by atoms with van der Waals surface area (Å²) < 4.78 is 12.0. The summed E-state index contributed by atoms with van der Waals surface area (Å²) in [7, 11) is 0. The first-order chi connectivity index (χ1) is 3.30. The van der Waals surface area contributed by atoms with E-state index in [-0.39, 0.29) is 5.13 Å². The van der Waals surface area contributed by atoms with Crippen molar-refractivity contribution in [2.45, 2.75) is 6.92 Å². The molecule has 0 aliphatic rings. The van der Waals surface area contributed by atoms with Crippen LogP contribution < -0.4 is 0 Å². The van der Waals surface area contributed by atoms with Gasteiger partial charge in [0.05, 0.1) is 11.2 Å². The van der Waals surface area contributed by atoms with Gasteiger partial charge in [-0.3, -0.25) is 0 Å². The first-order valence-corrected chi connectivity index (χ1v) is 2.74. The lowest BCUT2D eigenvalue weighted by atomic mass is 10.6. The molecule has 1 rings (SSSR count). The van der Waals surface area contributed by atoms with Crippen molar-refractivity contribution in [3.63, 3.8) is 0 Å². The second-order valence-corrected chi connectivity index (χ2v) is 2.02. The molecule has 0 atom stereocenters. The Morgan fingerprint density at radius 2 is 2.57 bits per heavy atom. The number of hydrogen-bond acceptors (Lipinski definition) is 2. The van der Waals surface area contributed by atoms with Gasteiger partial charge in [-0.25, -0.2) is 4.98 Å². The Hall–Kier alpha value is -0.440. The molecule has 0 bridgehead atoms. The van der Waals surface area contributed by atoms with E-state index in [9.17, 15) is 4.39 Å². The second-order valence-electron chi connectivity index (χ2n) is 1.21. The predicted molar refractivity (Wildman–Crippen MR) is 26.8 cm³/mol. The smallest absolute Gasteiger partial charge is 0.199 e. The molecule has 0 aromatic carbocycles. The molecule has 0 saturated carbocycles. The van der Waals surface area contributed by atoms with Gasteiger partial charge in [-0.2, -0.15) is 4.39 Å². The van der Waals surface area contributed by atoms with E-state index in [1.165, 1.54) is 5.51 Å². The average Bonchev–Trinajstić information content (AvgIpc) is 1.91. The van der Waals surface area contributed by atoms with E-state index in [2.05, 4.69) is 4.98 Å². The minimum Gasteiger partial charge on any atom is -0.247 e. The van der Waals surface area contributed by atoms with E-state index in [4.69, 9.17) is 0 Å². The number of nitrogens with zero attached hydrogens (tertiary/aromatic N) is 1. The Kier molecular flexibility index (Phi) is 1.06. The third-order valence-electron chi connectivity index (χ3n) is 0.687. The van der Waals surface area contributed by atoms with Crippen LogP contribution in [0.4, 0.5) is 4.39 Å². The molecule has 38 valence electrons. The molecule has 0 fully saturated rings. The lowest BCUT2D eigenvalue weighted by Gasteiger charge is -1.73.